The molecular formula is C16H21N5O2S. The van der Waals surface area contributed by atoms with Gasteiger partial charge in [0.1, 0.15) is 17.5 Å². The molecule has 8 heteroatoms. The van der Waals surface area contributed by atoms with Gasteiger partial charge in [0.05, 0.1) is 6.26 Å². The number of nitrogens with zero attached hydrogens (tertiary/aromatic N) is 4. The average molecular weight is 347 g/mol. The van der Waals surface area contributed by atoms with Crippen molar-refractivity contribution < 1.29 is 8.42 Å². The number of hydrogen-bond donors (Lipinski definition) is 1. The van der Waals surface area contributed by atoms with E-state index in [2.05, 4.69) is 20.3 Å². The van der Waals surface area contributed by atoms with Crippen LogP contribution in [0.15, 0.2) is 24.3 Å². The molecule has 0 unspecified atom stereocenters. The Morgan fingerprint density at radius 1 is 1.12 bits per heavy atom. The maximum absolute atomic E-state index is 11.7. The zero-order chi connectivity index (χ0) is 17.3. The highest BCUT2D eigenvalue weighted by atomic mass is 32.2. The Balaban J connectivity index is 1.82. The van der Waals surface area contributed by atoms with Gasteiger partial charge in [-0.2, -0.15) is 0 Å². The summed E-state index contributed by atoms with van der Waals surface area (Å²) in [5.74, 6) is 2.10. The largest absolute Gasteiger partial charge is 0.325 e. The van der Waals surface area contributed by atoms with Crippen molar-refractivity contribution in [3.63, 3.8) is 0 Å². The van der Waals surface area contributed by atoms with Gasteiger partial charge < -0.3 is 5.32 Å². The first-order valence-corrected chi connectivity index (χ1v) is 9.67. The summed E-state index contributed by atoms with van der Waals surface area (Å²) in [6.45, 7) is 4.79. The molecule has 2 aromatic heterocycles. The molecule has 0 saturated carbocycles. The van der Waals surface area contributed by atoms with Crippen LogP contribution in [0.5, 0.6) is 0 Å². The molecule has 1 saturated heterocycles. The normalized spacial score (nSPS) is 18.7. The smallest absolute Gasteiger partial charge is 0.211 e. The van der Waals surface area contributed by atoms with Gasteiger partial charge in [0.25, 0.3) is 0 Å². The Morgan fingerprint density at radius 2 is 1.92 bits per heavy atom. The minimum Gasteiger partial charge on any atom is -0.325 e. The summed E-state index contributed by atoms with van der Waals surface area (Å²) < 4.78 is 24.8. The molecule has 7 nitrogen and oxygen atoms in total. The van der Waals surface area contributed by atoms with Crippen LogP contribution in [0.3, 0.4) is 0 Å². The van der Waals surface area contributed by atoms with E-state index in [9.17, 15) is 8.42 Å². The topological polar surface area (TPSA) is 88.1 Å². The molecule has 1 N–H and O–H groups in total. The summed E-state index contributed by atoms with van der Waals surface area (Å²) in [6.07, 6.45) is 1.97. The van der Waals surface area contributed by atoms with Crippen molar-refractivity contribution in [2.45, 2.75) is 26.2 Å². The van der Waals surface area contributed by atoms with Crippen molar-refractivity contribution in [3.8, 4) is 0 Å². The van der Waals surface area contributed by atoms with E-state index in [1.165, 1.54) is 10.6 Å². The number of aryl methyl sites for hydroxylation is 2. The number of hydrogen-bond acceptors (Lipinski definition) is 6. The molecule has 3 heterocycles. The minimum absolute atomic E-state index is 0.0191. The zero-order valence-corrected chi connectivity index (χ0v) is 14.8. The van der Waals surface area contributed by atoms with Gasteiger partial charge in [-0.1, -0.05) is 6.07 Å². The van der Waals surface area contributed by atoms with Crippen molar-refractivity contribution >= 4 is 21.7 Å². The van der Waals surface area contributed by atoms with Crippen molar-refractivity contribution in [2.75, 3.05) is 24.7 Å². The van der Waals surface area contributed by atoms with Crippen LogP contribution in [0.4, 0.5) is 11.6 Å². The Kier molecular flexibility index (Phi) is 4.51. The molecule has 3 rings (SSSR count). The Hall–Kier alpha value is -2.06. The molecule has 24 heavy (non-hydrogen) atoms. The fourth-order valence-corrected chi connectivity index (χ4v) is 3.71. The van der Waals surface area contributed by atoms with Gasteiger partial charge >= 0.3 is 0 Å². The Morgan fingerprint density at radius 3 is 2.58 bits per heavy atom. The number of anilines is 2. The molecule has 128 valence electrons. The van der Waals surface area contributed by atoms with Crippen LogP contribution in [0.1, 0.15) is 29.6 Å². The number of nitrogens with one attached hydrogen (secondary N) is 1. The molecule has 0 aliphatic carbocycles. The van der Waals surface area contributed by atoms with E-state index in [4.69, 9.17) is 0 Å². The maximum atomic E-state index is 11.7. The third-order valence-electron chi connectivity index (χ3n) is 4.00. The highest BCUT2D eigenvalue weighted by Gasteiger charge is 2.31. The minimum atomic E-state index is -3.16. The van der Waals surface area contributed by atoms with E-state index in [-0.39, 0.29) is 5.92 Å². The molecule has 0 amide bonds. The Bertz CT molecular complexity index is 853. The lowest BCUT2D eigenvalue weighted by atomic mass is 10.1. The summed E-state index contributed by atoms with van der Waals surface area (Å²) in [5, 5.41) is 3.20. The first-order valence-electron chi connectivity index (χ1n) is 7.82. The fourth-order valence-electron chi connectivity index (χ4n) is 2.82. The predicted octanol–water partition coefficient (Wildman–Crippen LogP) is 1.98. The van der Waals surface area contributed by atoms with Crippen LogP contribution >= 0.6 is 0 Å². The predicted molar refractivity (Wildman–Crippen MR) is 92.8 cm³/mol. The van der Waals surface area contributed by atoms with E-state index in [0.29, 0.717) is 24.7 Å². The summed E-state index contributed by atoms with van der Waals surface area (Å²) in [5.41, 5.74) is 1.76. The van der Waals surface area contributed by atoms with Crippen molar-refractivity contribution in [1.29, 1.82) is 0 Å². The molecule has 1 fully saturated rings. The van der Waals surface area contributed by atoms with Crippen LogP contribution in [0.2, 0.25) is 0 Å². The van der Waals surface area contributed by atoms with Gasteiger partial charge in [-0.25, -0.2) is 27.7 Å². The first kappa shape index (κ1) is 16.8. The second-order valence-corrected chi connectivity index (χ2v) is 8.13. The van der Waals surface area contributed by atoms with E-state index >= 15 is 0 Å². The molecule has 0 aromatic carbocycles. The van der Waals surface area contributed by atoms with Gasteiger partial charge in [-0.3, -0.25) is 0 Å². The van der Waals surface area contributed by atoms with Crippen LogP contribution < -0.4 is 5.32 Å². The standard InChI is InChI=1S/C16H21N5O2S/c1-11-5-4-6-14(17-11)19-15-9-12(2)18-16(20-15)13-7-8-21(10-13)24(3,22)23/h4-6,9,13H,7-8,10H2,1-3H3,(H,17,18,19,20)/t13-/m0/s1. The summed E-state index contributed by atoms with van der Waals surface area (Å²) >= 11 is 0. The molecule has 0 spiro atoms. The van der Waals surface area contributed by atoms with Crippen LogP contribution in [-0.4, -0.2) is 47.0 Å². The third-order valence-corrected chi connectivity index (χ3v) is 5.27. The third kappa shape index (κ3) is 3.88. The number of aromatic nitrogens is 3. The molecule has 1 aliphatic rings. The van der Waals surface area contributed by atoms with Crippen molar-refractivity contribution in [2.24, 2.45) is 0 Å². The second kappa shape index (κ2) is 6.45. The summed E-state index contributed by atoms with van der Waals surface area (Å²) in [4.78, 5) is 13.5. The Labute approximate surface area is 142 Å². The quantitative estimate of drug-likeness (QED) is 0.910. The first-order chi connectivity index (χ1) is 11.3. The van der Waals surface area contributed by atoms with Crippen molar-refractivity contribution in [1.82, 2.24) is 19.3 Å². The highest BCUT2D eigenvalue weighted by Crippen LogP contribution is 2.27. The highest BCUT2D eigenvalue weighted by molar-refractivity contribution is 7.88. The van der Waals surface area contributed by atoms with Crippen LogP contribution in [-0.2, 0) is 10.0 Å². The van der Waals surface area contributed by atoms with Gasteiger partial charge in [0, 0.05) is 36.5 Å². The summed E-state index contributed by atoms with van der Waals surface area (Å²) in [7, 11) is -3.16. The molecule has 1 aliphatic heterocycles. The zero-order valence-electron chi connectivity index (χ0n) is 14.0. The molecule has 2 aromatic rings. The molecule has 1 atom stereocenters. The van der Waals surface area contributed by atoms with E-state index in [1.807, 2.05) is 38.1 Å². The lowest BCUT2D eigenvalue weighted by molar-refractivity contribution is 0.476. The average Bonchev–Trinajstić information content (AvgIpc) is 2.96. The molecule has 0 radical (unpaired) electrons. The molecule has 0 bridgehead atoms. The second-order valence-electron chi connectivity index (χ2n) is 6.15. The maximum Gasteiger partial charge on any atom is 0.211 e. The van der Waals surface area contributed by atoms with E-state index in [1.54, 1.807) is 0 Å². The SMILES string of the molecule is Cc1cccc(Nc2cc(C)nc([C@H]3CCN(S(C)(=O)=O)C3)n2)n1. The number of pyridine rings is 1. The monoisotopic (exact) mass is 347 g/mol. The van der Waals surface area contributed by atoms with Gasteiger partial charge in [-0.05, 0) is 32.4 Å². The van der Waals surface area contributed by atoms with Crippen molar-refractivity contribution in [3.05, 3.63) is 41.5 Å². The van der Waals surface area contributed by atoms with Crippen LogP contribution in [0, 0.1) is 13.8 Å². The fraction of sp³-hybridized carbons (Fsp3) is 0.438. The number of rotatable bonds is 4. The lowest BCUT2D eigenvalue weighted by Gasteiger charge is -2.14. The lowest BCUT2D eigenvalue weighted by Crippen LogP contribution is -2.27. The molecular weight excluding hydrogens is 326 g/mol. The number of sulfonamides is 1. The van der Waals surface area contributed by atoms with Gasteiger partial charge in [-0.15, -0.1) is 0 Å². The van der Waals surface area contributed by atoms with E-state index in [0.717, 1.165) is 23.6 Å². The van der Waals surface area contributed by atoms with Crippen LogP contribution in [0.25, 0.3) is 0 Å². The van der Waals surface area contributed by atoms with Gasteiger partial charge in [0.2, 0.25) is 10.0 Å². The van der Waals surface area contributed by atoms with E-state index < -0.39 is 10.0 Å². The summed E-state index contributed by atoms with van der Waals surface area (Å²) in [6, 6.07) is 7.60. The van der Waals surface area contributed by atoms with Gasteiger partial charge in [0.15, 0.2) is 0 Å².